The van der Waals surface area contributed by atoms with E-state index >= 15 is 0 Å². The third-order valence-electron chi connectivity index (χ3n) is 1.99. The highest BCUT2D eigenvalue weighted by Crippen LogP contribution is 2.25. The van der Waals surface area contributed by atoms with Gasteiger partial charge in [0.25, 0.3) is 0 Å². The highest BCUT2D eigenvalue weighted by molar-refractivity contribution is 6.53. The molecular formula is C12H21NO7Si. The Hall–Kier alpha value is -1.20. The zero-order chi connectivity index (χ0) is 15.6. The molecule has 0 atom stereocenters. The van der Waals surface area contributed by atoms with Crippen LogP contribution < -0.4 is 10.2 Å². The van der Waals surface area contributed by atoms with Crippen LogP contribution in [0.4, 0.5) is 5.69 Å². The van der Waals surface area contributed by atoms with Crippen LogP contribution in [0.2, 0.25) is 0 Å². The van der Waals surface area contributed by atoms with Gasteiger partial charge in [-0.2, -0.15) is 13.7 Å². The molecule has 0 aliphatic rings. The molecule has 2 N–H and O–H groups in total. The minimum absolute atomic E-state index is 0.257. The van der Waals surface area contributed by atoms with E-state index in [2.05, 4.69) is 0 Å². The van der Waals surface area contributed by atoms with Crippen molar-refractivity contribution in [1.29, 1.82) is 0 Å². The lowest BCUT2D eigenvalue weighted by Gasteiger charge is -2.24. The van der Waals surface area contributed by atoms with Crippen molar-refractivity contribution >= 4 is 14.7 Å². The molecule has 9 heteroatoms. The van der Waals surface area contributed by atoms with Crippen LogP contribution in [-0.2, 0) is 28.4 Å². The van der Waals surface area contributed by atoms with Gasteiger partial charge in [-0.3, -0.25) is 0 Å². The minimum atomic E-state index is -3.88. The third-order valence-corrected chi connectivity index (χ3v) is 3.43. The van der Waals surface area contributed by atoms with Crippen LogP contribution in [0.3, 0.4) is 0 Å². The molecule has 0 bridgehead atoms. The molecular weight excluding hydrogens is 298 g/mol. The summed E-state index contributed by atoms with van der Waals surface area (Å²) in [6.45, 7) is 5.97. The highest BCUT2D eigenvalue weighted by atomic mass is 28.4. The second-order valence-corrected chi connectivity index (χ2v) is 5.31. The molecule has 0 unspecified atom stereocenters. The van der Waals surface area contributed by atoms with Crippen molar-refractivity contribution in [3.05, 3.63) is 24.3 Å². The number of hydrogen-bond donors (Lipinski definition) is 1. The molecule has 0 saturated heterocycles. The number of anilines is 1. The van der Waals surface area contributed by atoms with Crippen molar-refractivity contribution in [1.82, 2.24) is 0 Å². The van der Waals surface area contributed by atoms with E-state index < -0.39 is 9.05 Å². The second kappa shape index (κ2) is 9.68. The van der Waals surface area contributed by atoms with Gasteiger partial charge in [-0.1, -0.05) is 12.1 Å². The Morgan fingerprint density at radius 3 is 1.76 bits per heavy atom. The SMILES string of the molecule is CCOO[Si](OOCC)(OOCC)Oc1ccccc1N. The van der Waals surface area contributed by atoms with Crippen molar-refractivity contribution in [2.75, 3.05) is 25.6 Å². The number of para-hydroxylation sites is 2. The Morgan fingerprint density at radius 1 is 0.857 bits per heavy atom. The number of benzene rings is 1. The zero-order valence-electron chi connectivity index (χ0n) is 12.4. The fourth-order valence-electron chi connectivity index (χ4n) is 1.19. The molecule has 21 heavy (non-hydrogen) atoms. The summed E-state index contributed by atoms with van der Waals surface area (Å²) in [7, 11) is -3.88. The molecule has 0 aliphatic carbocycles. The van der Waals surface area contributed by atoms with E-state index in [1.807, 2.05) is 0 Å². The average Bonchev–Trinajstić information content (AvgIpc) is 2.51. The lowest BCUT2D eigenvalue weighted by Crippen LogP contribution is -2.52. The minimum Gasteiger partial charge on any atom is -0.474 e. The molecule has 1 aromatic carbocycles. The van der Waals surface area contributed by atoms with Crippen LogP contribution in [0, 0.1) is 0 Å². The van der Waals surface area contributed by atoms with Crippen LogP contribution in [0.15, 0.2) is 24.3 Å². The summed E-state index contributed by atoms with van der Waals surface area (Å²) in [6, 6.07) is 6.81. The molecule has 0 radical (unpaired) electrons. The van der Waals surface area contributed by atoms with Crippen LogP contribution in [0.5, 0.6) is 5.75 Å². The molecule has 0 aromatic heterocycles. The first-order valence-corrected chi connectivity index (χ1v) is 8.26. The average molecular weight is 319 g/mol. The molecule has 0 aliphatic heterocycles. The van der Waals surface area contributed by atoms with Gasteiger partial charge in [0.05, 0.1) is 25.5 Å². The summed E-state index contributed by atoms with van der Waals surface area (Å²) in [5.41, 5.74) is 6.21. The lowest BCUT2D eigenvalue weighted by molar-refractivity contribution is -0.378. The predicted octanol–water partition coefficient (Wildman–Crippen LogP) is 1.99. The van der Waals surface area contributed by atoms with Gasteiger partial charge in [0.1, 0.15) is 5.75 Å². The lowest BCUT2D eigenvalue weighted by atomic mass is 10.3. The maximum Gasteiger partial charge on any atom is 0.834 e. The van der Waals surface area contributed by atoms with Gasteiger partial charge in [0.15, 0.2) is 0 Å². The van der Waals surface area contributed by atoms with E-state index in [-0.39, 0.29) is 19.8 Å². The van der Waals surface area contributed by atoms with Crippen molar-refractivity contribution in [3.63, 3.8) is 0 Å². The molecule has 1 aromatic rings. The van der Waals surface area contributed by atoms with E-state index in [1.165, 1.54) is 0 Å². The fraction of sp³-hybridized carbons (Fsp3) is 0.500. The molecule has 8 nitrogen and oxygen atoms in total. The first kappa shape index (κ1) is 17.8. The Balaban J connectivity index is 2.92. The predicted molar refractivity (Wildman–Crippen MR) is 75.4 cm³/mol. The van der Waals surface area contributed by atoms with E-state index in [0.29, 0.717) is 11.4 Å². The largest absolute Gasteiger partial charge is 0.834 e. The van der Waals surface area contributed by atoms with Crippen LogP contribution in [0.25, 0.3) is 0 Å². The quantitative estimate of drug-likeness (QED) is 0.286. The van der Waals surface area contributed by atoms with Crippen molar-refractivity contribution in [2.24, 2.45) is 0 Å². The Morgan fingerprint density at radius 2 is 1.33 bits per heavy atom. The normalized spacial score (nSPS) is 11.6. The number of hydrogen-bond acceptors (Lipinski definition) is 8. The highest BCUT2D eigenvalue weighted by Gasteiger charge is 2.55. The molecule has 120 valence electrons. The van der Waals surface area contributed by atoms with Crippen molar-refractivity contribution in [3.8, 4) is 5.75 Å². The van der Waals surface area contributed by atoms with Gasteiger partial charge in [0, 0.05) is 0 Å². The van der Waals surface area contributed by atoms with Crippen molar-refractivity contribution < 1.29 is 32.8 Å². The first-order valence-electron chi connectivity index (χ1n) is 6.62. The summed E-state index contributed by atoms with van der Waals surface area (Å²) >= 11 is 0. The number of nitrogen functional groups attached to an aromatic ring is 1. The fourth-order valence-corrected chi connectivity index (χ4v) is 2.62. The summed E-state index contributed by atoms with van der Waals surface area (Å²) in [4.78, 5) is 14.7. The molecule has 0 fully saturated rings. The van der Waals surface area contributed by atoms with Crippen molar-refractivity contribution in [2.45, 2.75) is 20.8 Å². The van der Waals surface area contributed by atoms with Gasteiger partial charge in [0.2, 0.25) is 0 Å². The Bertz CT molecular complexity index is 385. The topological polar surface area (TPSA) is 90.6 Å². The standard InChI is InChI=1S/C12H21NO7Si/c1-4-14-18-21(19-15-5-2,20-16-6-3)17-12-10-8-7-9-11(12)13/h7-10H,4-6,13H2,1-3H3. The van der Waals surface area contributed by atoms with E-state index in [1.54, 1.807) is 45.0 Å². The van der Waals surface area contributed by atoms with E-state index in [0.717, 1.165) is 0 Å². The van der Waals surface area contributed by atoms with Crippen LogP contribution in [-0.4, -0.2) is 28.9 Å². The Kier molecular flexibility index (Phi) is 8.23. The van der Waals surface area contributed by atoms with Gasteiger partial charge in [-0.25, -0.2) is 14.7 Å². The monoisotopic (exact) mass is 319 g/mol. The molecule has 0 heterocycles. The van der Waals surface area contributed by atoms with Gasteiger partial charge >= 0.3 is 9.05 Å². The smallest absolute Gasteiger partial charge is 0.474 e. The number of nitrogens with two attached hydrogens (primary N) is 1. The van der Waals surface area contributed by atoms with Crippen LogP contribution >= 0.6 is 0 Å². The summed E-state index contributed by atoms with van der Waals surface area (Å²) in [5.74, 6) is 0.309. The summed E-state index contributed by atoms with van der Waals surface area (Å²) < 4.78 is 20.9. The van der Waals surface area contributed by atoms with Crippen LogP contribution in [0.1, 0.15) is 20.8 Å². The van der Waals surface area contributed by atoms with Gasteiger partial charge in [-0.15, -0.1) is 0 Å². The second-order valence-electron chi connectivity index (χ2n) is 3.61. The van der Waals surface area contributed by atoms with E-state index in [4.69, 9.17) is 38.6 Å². The zero-order valence-corrected chi connectivity index (χ0v) is 13.4. The Labute approximate surface area is 124 Å². The molecule has 0 amide bonds. The summed E-state index contributed by atoms with van der Waals surface area (Å²) in [5, 5.41) is 0. The summed E-state index contributed by atoms with van der Waals surface area (Å²) in [6.07, 6.45) is 0. The third kappa shape index (κ3) is 5.97. The number of rotatable bonds is 11. The van der Waals surface area contributed by atoms with Gasteiger partial charge in [-0.05, 0) is 32.9 Å². The molecule has 0 saturated carbocycles. The maximum atomic E-state index is 5.82. The maximum absolute atomic E-state index is 5.82. The first-order chi connectivity index (χ1) is 10.2. The molecule has 1 rings (SSSR count). The van der Waals surface area contributed by atoms with Gasteiger partial charge < -0.3 is 10.2 Å². The van der Waals surface area contributed by atoms with E-state index in [9.17, 15) is 0 Å². The molecule has 0 spiro atoms.